The van der Waals surface area contributed by atoms with E-state index in [4.69, 9.17) is 0 Å². The molecule has 0 atom stereocenters. The van der Waals surface area contributed by atoms with Crippen LogP contribution in [-0.2, 0) is 0 Å². The number of rotatable bonds is 1. The lowest BCUT2D eigenvalue weighted by Crippen LogP contribution is -1.80. The van der Waals surface area contributed by atoms with Crippen molar-refractivity contribution in [3.8, 4) is 34.8 Å². The molecule has 2 rings (SSSR count). The molecule has 2 aromatic rings. The van der Waals surface area contributed by atoms with Gasteiger partial charge in [-0.1, -0.05) is 36.1 Å². The second-order valence-electron chi connectivity index (χ2n) is 3.90. The summed E-state index contributed by atoms with van der Waals surface area (Å²) in [5.74, 6) is 11.9. The summed E-state index contributed by atoms with van der Waals surface area (Å²) in [6, 6.07) is 16.6. The van der Waals surface area contributed by atoms with E-state index < -0.39 is 0 Å². The average Bonchev–Trinajstić information content (AvgIpc) is 2.41. The molecule has 2 aromatic carbocycles. The molecule has 0 nitrogen and oxygen atoms in total. The van der Waals surface area contributed by atoms with E-state index >= 15 is 0 Å². The molecule has 0 heteroatoms. The lowest BCUT2D eigenvalue weighted by atomic mass is 10.0. The van der Waals surface area contributed by atoms with Crippen molar-refractivity contribution in [3.63, 3.8) is 0 Å². The van der Waals surface area contributed by atoms with Crippen LogP contribution >= 0.6 is 0 Å². The molecule has 0 bridgehead atoms. The van der Waals surface area contributed by atoms with Gasteiger partial charge in [-0.2, -0.15) is 0 Å². The van der Waals surface area contributed by atoms with Crippen LogP contribution in [0.4, 0.5) is 0 Å². The van der Waals surface area contributed by atoms with E-state index in [2.05, 4.69) is 47.9 Å². The SMILES string of the molecule is CC#Cc1ccc(-c2ccc(C#CC)cc2)cc1. The van der Waals surface area contributed by atoms with Crippen LogP contribution in [0.2, 0.25) is 0 Å². The zero-order valence-corrected chi connectivity index (χ0v) is 10.6. The van der Waals surface area contributed by atoms with Crippen molar-refractivity contribution in [1.29, 1.82) is 0 Å². The highest BCUT2D eigenvalue weighted by atomic mass is 14.0. The normalized spacial score (nSPS) is 8.78. The zero-order chi connectivity index (χ0) is 12.8. The van der Waals surface area contributed by atoms with Crippen molar-refractivity contribution in [3.05, 3.63) is 59.7 Å². The maximum absolute atomic E-state index is 3.04. The van der Waals surface area contributed by atoms with Gasteiger partial charge in [-0.3, -0.25) is 0 Å². The summed E-state index contributed by atoms with van der Waals surface area (Å²) in [4.78, 5) is 0. The molecule has 0 aliphatic carbocycles. The Morgan fingerprint density at radius 1 is 0.556 bits per heavy atom. The molecule has 0 aliphatic rings. The predicted octanol–water partition coefficient (Wildman–Crippen LogP) is 4.10. The molecule has 0 fully saturated rings. The van der Waals surface area contributed by atoms with E-state index in [1.165, 1.54) is 11.1 Å². The Hall–Kier alpha value is -2.44. The van der Waals surface area contributed by atoms with E-state index in [0.29, 0.717) is 0 Å². The molecule has 0 heterocycles. The quantitative estimate of drug-likeness (QED) is 0.647. The Kier molecular flexibility index (Phi) is 3.85. The van der Waals surface area contributed by atoms with Gasteiger partial charge < -0.3 is 0 Å². The van der Waals surface area contributed by atoms with Crippen molar-refractivity contribution in [2.75, 3.05) is 0 Å². The van der Waals surface area contributed by atoms with Gasteiger partial charge in [0.05, 0.1) is 0 Å². The molecule has 86 valence electrons. The van der Waals surface area contributed by atoms with Gasteiger partial charge >= 0.3 is 0 Å². The maximum Gasteiger partial charge on any atom is 0.0245 e. The molecule has 0 N–H and O–H groups in total. The molecule has 0 unspecified atom stereocenters. The molecule has 0 spiro atoms. The summed E-state index contributed by atoms with van der Waals surface area (Å²) in [6.45, 7) is 3.70. The molecular formula is C18H14. The van der Waals surface area contributed by atoms with Gasteiger partial charge in [-0.25, -0.2) is 0 Å². The van der Waals surface area contributed by atoms with Gasteiger partial charge in [0.15, 0.2) is 0 Å². The Morgan fingerprint density at radius 2 is 0.889 bits per heavy atom. The summed E-state index contributed by atoms with van der Waals surface area (Å²) < 4.78 is 0. The van der Waals surface area contributed by atoms with Gasteiger partial charge in [0.2, 0.25) is 0 Å². The zero-order valence-electron chi connectivity index (χ0n) is 10.6. The summed E-state index contributed by atoms with van der Waals surface area (Å²) in [7, 11) is 0. The first kappa shape index (κ1) is 12.0. The average molecular weight is 230 g/mol. The number of hydrogen-bond donors (Lipinski definition) is 0. The fraction of sp³-hybridized carbons (Fsp3) is 0.111. The fourth-order valence-corrected chi connectivity index (χ4v) is 1.78. The van der Waals surface area contributed by atoms with Crippen LogP contribution < -0.4 is 0 Å². The number of benzene rings is 2. The monoisotopic (exact) mass is 230 g/mol. The molecule has 0 aromatic heterocycles. The summed E-state index contributed by atoms with van der Waals surface area (Å²) >= 11 is 0. The Bertz CT molecular complexity index is 574. The first-order valence-corrected chi connectivity index (χ1v) is 5.89. The summed E-state index contributed by atoms with van der Waals surface area (Å²) in [5.41, 5.74) is 4.50. The molecule has 0 radical (unpaired) electrons. The van der Waals surface area contributed by atoms with E-state index in [9.17, 15) is 0 Å². The first-order valence-electron chi connectivity index (χ1n) is 5.89. The predicted molar refractivity (Wildman–Crippen MR) is 77.0 cm³/mol. The standard InChI is InChI=1S/C18H14/c1-3-5-15-7-11-17(12-8-15)18-13-9-16(6-4-2)10-14-18/h7-14H,1-2H3. The molecule has 0 aliphatic heterocycles. The lowest BCUT2D eigenvalue weighted by Gasteiger charge is -2.02. The highest BCUT2D eigenvalue weighted by Crippen LogP contribution is 2.20. The Morgan fingerprint density at radius 3 is 1.17 bits per heavy atom. The van der Waals surface area contributed by atoms with Crippen LogP contribution in [0, 0.1) is 23.7 Å². The minimum atomic E-state index is 1.05. The number of hydrogen-bond acceptors (Lipinski definition) is 0. The fourth-order valence-electron chi connectivity index (χ4n) is 1.78. The minimum absolute atomic E-state index is 1.05. The Balaban J connectivity index is 2.29. The largest absolute Gasteiger partial charge is 0.101 e. The van der Waals surface area contributed by atoms with Crippen LogP contribution in [0.1, 0.15) is 25.0 Å². The molecule has 0 saturated carbocycles. The van der Waals surface area contributed by atoms with Crippen molar-refractivity contribution in [2.45, 2.75) is 13.8 Å². The summed E-state index contributed by atoms with van der Waals surface area (Å²) in [6.07, 6.45) is 0. The van der Waals surface area contributed by atoms with Gasteiger partial charge in [0.1, 0.15) is 0 Å². The highest BCUT2D eigenvalue weighted by molar-refractivity contribution is 5.65. The van der Waals surface area contributed by atoms with Crippen molar-refractivity contribution < 1.29 is 0 Å². The van der Waals surface area contributed by atoms with Crippen molar-refractivity contribution in [2.24, 2.45) is 0 Å². The van der Waals surface area contributed by atoms with Crippen LogP contribution in [-0.4, -0.2) is 0 Å². The second kappa shape index (κ2) is 5.76. The third-order valence-electron chi connectivity index (χ3n) is 2.64. The molecule has 0 amide bonds. The van der Waals surface area contributed by atoms with Crippen LogP contribution in [0.15, 0.2) is 48.5 Å². The molecule has 0 saturated heterocycles. The summed E-state index contributed by atoms with van der Waals surface area (Å²) in [5, 5.41) is 0. The Labute approximate surface area is 109 Å². The molecule has 18 heavy (non-hydrogen) atoms. The second-order valence-corrected chi connectivity index (χ2v) is 3.90. The molecular weight excluding hydrogens is 216 g/mol. The topological polar surface area (TPSA) is 0 Å². The maximum atomic E-state index is 3.04. The van der Waals surface area contributed by atoms with E-state index in [0.717, 1.165) is 11.1 Å². The van der Waals surface area contributed by atoms with Crippen molar-refractivity contribution in [1.82, 2.24) is 0 Å². The van der Waals surface area contributed by atoms with E-state index in [1.54, 1.807) is 0 Å². The minimum Gasteiger partial charge on any atom is -0.101 e. The first-order chi connectivity index (χ1) is 8.83. The van der Waals surface area contributed by atoms with Crippen molar-refractivity contribution >= 4 is 0 Å². The van der Waals surface area contributed by atoms with E-state index in [1.807, 2.05) is 38.1 Å². The van der Waals surface area contributed by atoms with E-state index in [-0.39, 0.29) is 0 Å². The third-order valence-corrected chi connectivity index (χ3v) is 2.64. The third kappa shape index (κ3) is 2.82. The van der Waals surface area contributed by atoms with Gasteiger partial charge in [-0.05, 0) is 49.2 Å². The smallest absolute Gasteiger partial charge is 0.0245 e. The van der Waals surface area contributed by atoms with Crippen LogP contribution in [0.5, 0.6) is 0 Å². The van der Waals surface area contributed by atoms with Gasteiger partial charge in [0, 0.05) is 11.1 Å². The van der Waals surface area contributed by atoms with Gasteiger partial charge in [-0.15, -0.1) is 11.8 Å². The van der Waals surface area contributed by atoms with Crippen LogP contribution in [0.3, 0.4) is 0 Å². The van der Waals surface area contributed by atoms with Gasteiger partial charge in [0.25, 0.3) is 0 Å². The highest BCUT2D eigenvalue weighted by Gasteiger charge is 1.97. The lowest BCUT2D eigenvalue weighted by molar-refractivity contribution is 1.57. The van der Waals surface area contributed by atoms with Crippen LogP contribution in [0.25, 0.3) is 11.1 Å².